The van der Waals surface area contributed by atoms with E-state index in [1.165, 1.54) is 22.5 Å². The number of halogens is 1. The minimum atomic E-state index is -0.356. The smallest absolute Gasteiger partial charge is 0.264 e. The molecular formula is C19H22ClN3O2S. The number of nitrogens with one attached hydrogen (secondary N) is 2. The first kappa shape index (κ1) is 18.9. The standard InChI is InChI=1S/C19H21N3O2S.ClH/c23-18(21-10-13-5-6-14-11-20-12-15(14)9-13)16-3-1-7-22(16)19(24)17-4-2-8-25-17;/h2,4-6,8-9,16,20H,1,3,7,10-12H2,(H,21,23);1H. The molecule has 1 atom stereocenters. The second-order valence-corrected chi connectivity index (χ2v) is 7.51. The van der Waals surface area contributed by atoms with E-state index in [9.17, 15) is 9.59 Å². The number of nitrogens with zero attached hydrogens (tertiary/aromatic N) is 1. The maximum absolute atomic E-state index is 12.6. The summed E-state index contributed by atoms with van der Waals surface area (Å²) in [5.41, 5.74) is 3.74. The first-order chi connectivity index (χ1) is 12.2. The predicted molar refractivity (Wildman–Crippen MR) is 104 cm³/mol. The van der Waals surface area contributed by atoms with Crippen LogP contribution in [0.5, 0.6) is 0 Å². The molecular weight excluding hydrogens is 370 g/mol. The van der Waals surface area contributed by atoms with Gasteiger partial charge in [-0.3, -0.25) is 9.59 Å². The largest absolute Gasteiger partial charge is 0.350 e. The maximum atomic E-state index is 12.6. The predicted octanol–water partition coefficient (Wildman–Crippen LogP) is 2.69. The molecule has 2 amide bonds. The van der Waals surface area contributed by atoms with E-state index in [1.54, 1.807) is 4.90 Å². The van der Waals surface area contributed by atoms with Crippen molar-refractivity contribution in [2.45, 2.75) is 38.5 Å². The molecule has 2 aliphatic heterocycles. The summed E-state index contributed by atoms with van der Waals surface area (Å²) in [5, 5.41) is 8.23. The number of fused-ring (bicyclic) bond motifs is 1. The molecule has 7 heteroatoms. The molecule has 0 spiro atoms. The second-order valence-electron chi connectivity index (χ2n) is 6.56. The minimum absolute atomic E-state index is 0. The van der Waals surface area contributed by atoms with Gasteiger partial charge in [0, 0.05) is 26.2 Å². The molecule has 1 fully saturated rings. The molecule has 1 aromatic carbocycles. The summed E-state index contributed by atoms with van der Waals surface area (Å²) >= 11 is 1.42. The summed E-state index contributed by atoms with van der Waals surface area (Å²) in [6.07, 6.45) is 1.61. The Bertz CT molecular complexity index is 794. The first-order valence-electron chi connectivity index (χ1n) is 8.66. The molecule has 0 radical (unpaired) electrons. The topological polar surface area (TPSA) is 61.4 Å². The number of likely N-dealkylation sites (tertiary alicyclic amines) is 1. The van der Waals surface area contributed by atoms with Crippen LogP contribution in [0.1, 0.15) is 39.2 Å². The van der Waals surface area contributed by atoms with Crippen molar-refractivity contribution in [1.82, 2.24) is 15.5 Å². The molecule has 138 valence electrons. The lowest BCUT2D eigenvalue weighted by Crippen LogP contribution is -2.45. The van der Waals surface area contributed by atoms with E-state index in [0.29, 0.717) is 18.0 Å². The SMILES string of the molecule is Cl.O=C(NCc1ccc2c(c1)CNC2)C1CCCN1C(=O)c1cccs1. The monoisotopic (exact) mass is 391 g/mol. The lowest BCUT2D eigenvalue weighted by atomic mass is 10.1. The zero-order chi connectivity index (χ0) is 17.2. The lowest BCUT2D eigenvalue weighted by molar-refractivity contribution is -0.125. The Morgan fingerprint density at radius 1 is 1.23 bits per heavy atom. The van der Waals surface area contributed by atoms with Gasteiger partial charge in [-0.2, -0.15) is 0 Å². The molecule has 3 heterocycles. The van der Waals surface area contributed by atoms with Crippen LogP contribution in [0, 0.1) is 0 Å². The first-order valence-corrected chi connectivity index (χ1v) is 9.54. The van der Waals surface area contributed by atoms with Crippen LogP contribution < -0.4 is 10.6 Å². The van der Waals surface area contributed by atoms with Crippen LogP contribution in [0.25, 0.3) is 0 Å². The lowest BCUT2D eigenvalue weighted by Gasteiger charge is -2.23. The van der Waals surface area contributed by atoms with Crippen LogP contribution >= 0.6 is 23.7 Å². The summed E-state index contributed by atoms with van der Waals surface area (Å²) in [6, 6.07) is 9.67. The van der Waals surface area contributed by atoms with Gasteiger partial charge in [0.05, 0.1) is 4.88 Å². The number of amides is 2. The molecule has 0 aliphatic carbocycles. The third-order valence-electron chi connectivity index (χ3n) is 4.92. The normalized spacial score (nSPS) is 18.3. The second kappa shape index (κ2) is 8.20. The third kappa shape index (κ3) is 3.77. The highest BCUT2D eigenvalue weighted by Gasteiger charge is 2.34. The molecule has 2 aromatic rings. The van der Waals surface area contributed by atoms with Gasteiger partial charge in [0.2, 0.25) is 5.91 Å². The van der Waals surface area contributed by atoms with Crippen LogP contribution in [0.4, 0.5) is 0 Å². The Morgan fingerprint density at radius 3 is 2.88 bits per heavy atom. The molecule has 2 N–H and O–H groups in total. The van der Waals surface area contributed by atoms with Gasteiger partial charge in [-0.15, -0.1) is 23.7 Å². The highest BCUT2D eigenvalue weighted by molar-refractivity contribution is 7.12. The van der Waals surface area contributed by atoms with E-state index >= 15 is 0 Å². The highest BCUT2D eigenvalue weighted by atomic mass is 35.5. The van der Waals surface area contributed by atoms with Crippen LogP contribution in [0.15, 0.2) is 35.7 Å². The van der Waals surface area contributed by atoms with E-state index < -0.39 is 0 Å². The molecule has 5 nitrogen and oxygen atoms in total. The molecule has 2 aliphatic rings. The Morgan fingerprint density at radius 2 is 2.08 bits per heavy atom. The van der Waals surface area contributed by atoms with Gasteiger partial charge in [0.1, 0.15) is 6.04 Å². The van der Waals surface area contributed by atoms with Gasteiger partial charge in [0.15, 0.2) is 0 Å². The van der Waals surface area contributed by atoms with Crippen LogP contribution in [-0.2, 0) is 24.4 Å². The fourth-order valence-electron chi connectivity index (χ4n) is 3.59. The maximum Gasteiger partial charge on any atom is 0.264 e. The number of benzene rings is 1. The summed E-state index contributed by atoms with van der Waals surface area (Å²) in [4.78, 5) is 27.6. The van der Waals surface area contributed by atoms with Crippen molar-refractivity contribution in [2.75, 3.05) is 6.54 Å². The highest BCUT2D eigenvalue weighted by Crippen LogP contribution is 2.22. The Labute approximate surface area is 163 Å². The zero-order valence-corrected chi connectivity index (χ0v) is 16.0. The van der Waals surface area contributed by atoms with E-state index in [1.807, 2.05) is 17.5 Å². The minimum Gasteiger partial charge on any atom is -0.350 e. The molecule has 0 saturated carbocycles. The number of carbonyl (C=O) groups is 2. The number of thiophene rings is 1. The van der Waals surface area contributed by atoms with Crippen LogP contribution in [0.3, 0.4) is 0 Å². The summed E-state index contributed by atoms with van der Waals surface area (Å²) < 4.78 is 0. The van der Waals surface area contributed by atoms with Gasteiger partial charge < -0.3 is 15.5 Å². The van der Waals surface area contributed by atoms with Gasteiger partial charge in [0.25, 0.3) is 5.91 Å². The average Bonchev–Trinajstić information content (AvgIpc) is 3.39. The fraction of sp³-hybridized carbons (Fsp3) is 0.368. The average molecular weight is 392 g/mol. The summed E-state index contributed by atoms with van der Waals surface area (Å²) in [6.45, 7) is 2.97. The molecule has 4 rings (SSSR count). The summed E-state index contributed by atoms with van der Waals surface area (Å²) in [5.74, 6) is -0.0858. The van der Waals surface area contributed by atoms with Crippen molar-refractivity contribution in [3.05, 3.63) is 57.3 Å². The van der Waals surface area contributed by atoms with E-state index in [4.69, 9.17) is 0 Å². The third-order valence-corrected chi connectivity index (χ3v) is 5.77. The van der Waals surface area contributed by atoms with Gasteiger partial charge in [-0.05, 0) is 41.0 Å². The van der Waals surface area contributed by atoms with Crippen molar-refractivity contribution in [3.63, 3.8) is 0 Å². The molecule has 0 bridgehead atoms. The molecule has 1 saturated heterocycles. The number of hydrogen-bond donors (Lipinski definition) is 2. The Hall–Kier alpha value is -1.89. The van der Waals surface area contributed by atoms with Crippen molar-refractivity contribution in [2.24, 2.45) is 0 Å². The van der Waals surface area contributed by atoms with Crippen LogP contribution in [0.2, 0.25) is 0 Å². The van der Waals surface area contributed by atoms with Gasteiger partial charge in [-0.25, -0.2) is 0 Å². The Balaban J connectivity index is 0.00000196. The van der Waals surface area contributed by atoms with Crippen molar-refractivity contribution in [3.8, 4) is 0 Å². The molecule has 26 heavy (non-hydrogen) atoms. The van der Waals surface area contributed by atoms with Gasteiger partial charge >= 0.3 is 0 Å². The van der Waals surface area contributed by atoms with E-state index in [2.05, 4.69) is 28.8 Å². The number of hydrogen-bond acceptors (Lipinski definition) is 4. The zero-order valence-electron chi connectivity index (χ0n) is 14.4. The molecule has 1 unspecified atom stereocenters. The fourth-order valence-corrected chi connectivity index (χ4v) is 4.27. The van der Waals surface area contributed by atoms with E-state index in [0.717, 1.165) is 31.5 Å². The summed E-state index contributed by atoms with van der Waals surface area (Å²) in [7, 11) is 0. The number of carbonyl (C=O) groups excluding carboxylic acids is 2. The van der Waals surface area contributed by atoms with Crippen LogP contribution in [-0.4, -0.2) is 29.3 Å². The van der Waals surface area contributed by atoms with E-state index in [-0.39, 0.29) is 30.3 Å². The quantitative estimate of drug-likeness (QED) is 0.842. The van der Waals surface area contributed by atoms with Gasteiger partial charge in [-0.1, -0.05) is 24.3 Å². The Kier molecular flexibility index (Phi) is 5.96. The number of rotatable bonds is 4. The van der Waals surface area contributed by atoms with Crippen molar-refractivity contribution < 1.29 is 9.59 Å². The van der Waals surface area contributed by atoms with Crippen molar-refractivity contribution in [1.29, 1.82) is 0 Å². The molecule has 1 aromatic heterocycles. The van der Waals surface area contributed by atoms with Crippen molar-refractivity contribution >= 4 is 35.6 Å².